The maximum atomic E-state index is 12.1. The van der Waals surface area contributed by atoms with Gasteiger partial charge in [-0.05, 0) is 0 Å². The summed E-state index contributed by atoms with van der Waals surface area (Å²) in [5, 5.41) is 9.14. The van der Waals surface area contributed by atoms with Gasteiger partial charge in [0.05, 0.1) is 0 Å². The lowest BCUT2D eigenvalue weighted by Crippen LogP contribution is -2.54. The summed E-state index contributed by atoms with van der Waals surface area (Å²) in [5.74, 6) is -5.39. The molecule has 0 aromatic carbocycles. The van der Waals surface area contributed by atoms with E-state index in [0.717, 1.165) is 18.2 Å². The Morgan fingerprint density at radius 2 is 0.857 bits per heavy atom. The molecule has 4 unspecified atom stereocenters. The van der Waals surface area contributed by atoms with Gasteiger partial charge in [0.1, 0.15) is 13.2 Å². The highest BCUT2D eigenvalue weighted by Crippen LogP contribution is 2.21. The van der Waals surface area contributed by atoms with Crippen LogP contribution in [0.5, 0.6) is 0 Å². The van der Waals surface area contributed by atoms with E-state index in [-0.39, 0.29) is 0 Å². The molecule has 0 spiro atoms. The molecule has 0 bridgehead atoms. The van der Waals surface area contributed by atoms with Crippen molar-refractivity contribution in [1.82, 2.24) is 0 Å². The van der Waals surface area contributed by atoms with Gasteiger partial charge in [-0.3, -0.25) is 0 Å². The fourth-order valence-corrected chi connectivity index (χ4v) is 2.24. The lowest BCUT2D eigenvalue weighted by atomic mass is 10.0. The van der Waals surface area contributed by atoms with E-state index >= 15 is 0 Å². The van der Waals surface area contributed by atoms with E-state index in [2.05, 4.69) is 37.6 Å². The zero-order chi connectivity index (χ0) is 27.0. The van der Waals surface area contributed by atoms with Crippen LogP contribution in [0.4, 0.5) is 4.79 Å². The highest BCUT2D eigenvalue weighted by Gasteiger charge is 2.45. The molecule has 0 rings (SSSR count). The highest BCUT2D eigenvalue weighted by molar-refractivity contribution is 5.84. The quantitative estimate of drug-likeness (QED) is 0.180. The SMILES string of the molecule is C=CC(=O)OCC(OC(=O)O)C(OC(=O)C=C)C(OC(=O)C=C)C(COC(=O)C=C)OC(=O)C=C. The van der Waals surface area contributed by atoms with E-state index in [1.165, 1.54) is 0 Å². The number of esters is 5. The van der Waals surface area contributed by atoms with Gasteiger partial charge in [-0.15, -0.1) is 0 Å². The van der Waals surface area contributed by atoms with Crippen LogP contribution in [-0.2, 0) is 52.4 Å². The van der Waals surface area contributed by atoms with Crippen LogP contribution in [0.1, 0.15) is 0 Å². The van der Waals surface area contributed by atoms with Gasteiger partial charge in [0.15, 0.2) is 24.4 Å². The molecule has 4 atom stereocenters. The second-order valence-electron chi connectivity index (χ2n) is 5.98. The minimum Gasteiger partial charge on any atom is -0.458 e. The summed E-state index contributed by atoms with van der Waals surface area (Å²) < 4.78 is 29.6. The third-order valence-electron chi connectivity index (χ3n) is 3.69. The predicted molar refractivity (Wildman–Crippen MR) is 115 cm³/mol. The predicted octanol–water partition coefficient (Wildman–Crippen LogP) is 0.801. The first-order chi connectivity index (χ1) is 16.5. The van der Waals surface area contributed by atoms with Crippen LogP contribution < -0.4 is 0 Å². The summed E-state index contributed by atoms with van der Waals surface area (Å²) in [6.45, 7) is 14.3. The van der Waals surface area contributed by atoms with Crippen molar-refractivity contribution < 1.29 is 62.3 Å². The second kappa shape index (κ2) is 16.0. The molecule has 0 fully saturated rings. The second-order valence-corrected chi connectivity index (χ2v) is 5.98. The Hall–Kier alpha value is -4.68. The monoisotopic (exact) mass is 496 g/mol. The summed E-state index contributed by atoms with van der Waals surface area (Å²) in [6, 6.07) is 0. The van der Waals surface area contributed by atoms with Gasteiger partial charge >= 0.3 is 36.0 Å². The molecule has 0 amide bonds. The van der Waals surface area contributed by atoms with Crippen molar-refractivity contribution >= 4 is 36.0 Å². The van der Waals surface area contributed by atoms with Crippen molar-refractivity contribution in [3.05, 3.63) is 63.3 Å². The fourth-order valence-electron chi connectivity index (χ4n) is 2.24. The third kappa shape index (κ3) is 11.7. The zero-order valence-corrected chi connectivity index (χ0v) is 18.5. The smallest absolute Gasteiger partial charge is 0.458 e. The van der Waals surface area contributed by atoms with E-state index in [9.17, 15) is 28.8 Å². The Balaban J connectivity index is 6.64. The summed E-state index contributed by atoms with van der Waals surface area (Å²) >= 11 is 0. The lowest BCUT2D eigenvalue weighted by molar-refractivity contribution is -0.198. The summed E-state index contributed by atoms with van der Waals surface area (Å²) in [4.78, 5) is 70.4. The van der Waals surface area contributed by atoms with Gasteiger partial charge in [-0.1, -0.05) is 32.9 Å². The Morgan fingerprint density at radius 1 is 0.543 bits per heavy atom. The third-order valence-corrected chi connectivity index (χ3v) is 3.69. The topological polar surface area (TPSA) is 178 Å². The molecule has 0 aliphatic heterocycles. The molecule has 0 heterocycles. The molecule has 0 radical (unpaired) electrons. The molecule has 190 valence electrons. The van der Waals surface area contributed by atoms with Crippen LogP contribution in [0, 0.1) is 0 Å². The summed E-state index contributed by atoms with van der Waals surface area (Å²) in [5.41, 5.74) is 0. The van der Waals surface area contributed by atoms with Crippen molar-refractivity contribution in [1.29, 1.82) is 0 Å². The number of hydrogen-bond donors (Lipinski definition) is 1. The van der Waals surface area contributed by atoms with E-state index in [1.807, 2.05) is 0 Å². The average Bonchev–Trinajstić information content (AvgIpc) is 2.84. The Kier molecular flexibility index (Phi) is 13.9. The standard InChI is InChI=1S/C22H24O13/c1-6-15(23)30-11-13(32-17(25)8-3)20(34-18(26)9-4)21(35-19(27)10-5)14(33-22(28)29)12-31-16(24)7-2/h6-10,13-14,20-21H,1-5,11-12H2,(H,28,29). The Morgan fingerprint density at radius 3 is 1.17 bits per heavy atom. The first-order valence-electron chi connectivity index (χ1n) is 9.49. The van der Waals surface area contributed by atoms with E-state index in [0.29, 0.717) is 12.2 Å². The van der Waals surface area contributed by atoms with E-state index in [4.69, 9.17) is 28.8 Å². The van der Waals surface area contributed by atoms with Crippen LogP contribution in [0.25, 0.3) is 0 Å². The molecule has 0 saturated carbocycles. The molecule has 0 aliphatic rings. The van der Waals surface area contributed by atoms with Gasteiger partial charge in [0.25, 0.3) is 0 Å². The Bertz CT molecular complexity index is 873. The van der Waals surface area contributed by atoms with Gasteiger partial charge < -0.3 is 33.5 Å². The maximum absolute atomic E-state index is 12.1. The zero-order valence-electron chi connectivity index (χ0n) is 18.5. The summed E-state index contributed by atoms with van der Waals surface area (Å²) in [6.07, 6.45) is -5.73. The largest absolute Gasteiger partial charge is 0.506 e. The van der Waals surface area contributed by atoms with E-state index in [1.54, 1.807) is 0 Å². The number of carbonyl (C=O) groups is 6. The maximum Gasteiger partial charge on any atom is 0.506 e. The highest BCUT2D eigenvalue weighted by atomic mass is 16.7. The van der Waals surface area contributed by atoms with Gasteiger partial charge in [0, 0.05) is 30.4 Å². The molecule has 0 aromatic rings. The van der Waals surface area contributed by atoms with Crippen molar-refractivity contribution in [3.8, 4) is 0 Å². The van der Waals surface area contributed by atoms with Gasteiger partial charge in [-0.25, -0.2) is 28.8 Å². The molecule has 0 aromatic heterocycles. The molecule has 13 heteroatoms. The van der Waals surface area contributed by atoms with Crippen LogP contribution in [-0.4, -0.2) is 78.7 Å². The van der Waals surface area contributed by atoms with Crippen LogP contribution in [0.15, 0.2) is 63.3 Å². The number of hydrogen-bond acceptors (Lipinski definition) is 12. The van der Waals surface area contributed by atoms with Crippen molar-refractivity contribution in [2.24, 2.45) is 0 Å². The van der Waals surface area contributed by atoms with E-state index < -0.39 is 73.6 Å². The van der Waals surface area contributed by atoms with Crippen LogP contribution in [0.3, 0.4) is 0 Å². The molecule has 0 aliphatic carbocycles. The first kappa shape index (κ1) is 30.3. The molecular weight excluding hydrogens is 472 g/mol. The van der Waals surface area contributed by atoms with Crippen LogP contribution in [0.2, 0.25) is 0 Å². The molecule has 13 nitrogen and oxygen atoms in total. The number of rotatable bonds is 16. The minimum absolute atomic E-state index is 0.676. The van der Waals surface area contributed by atoms with Crippen LogP contribution >= 0.6 is 0 Å². The molecule has 0 saturated heterocycles. The first-order valence-corrected chi connectivity index (χ1v) is 9.49. The number of carbonyl (C=O) groups excluding carboxylic acids is 5. The molecule has 35 heavy (non-hydrogen) atoms. The average molecular weight is 496 g/mol. The normalized spacial score (nSPS) is 13.1. The fraction of sp³-hybridized carbons (Fsp3) is 0.273. The van der Waals surface area contributed by atoms with Gasteiger partial charge in [-0.2, -0.15) is 0 Å². The minimum atomic E-state index is -1.94. The van der Waals surface area contributed by atoms with Crippen molar-refractivity contribution in [2.45, 2.75) is 24.4 Å². The number of carboxylic acid groups (broad SMARTS) is 1. The molecular formula is C22H24O13. The molecule has 1 N–H and O–H groups in total. The Labute approximate surface area is 199 Å². The lowest BCUT2D eigenvalue weighted by Gasteiger charge is -2.34. The van der Waals surface area contributed by atoms with Crippen molar-refractivity contribution in [3.63, 3.8) is 0 Å². The number of ether oxygens (including phenoxy) is 6. The van der Waals surface area contributed by atoms with Crippen molar-refractivity contribution in [2.75, 3.05) is 13.2 Å². The van der Waals surface area contributed by atoms with Gasteiger partial charge in [0.2, 0.25) is 0 Å². The summed E-state index contributed by atoms with van der Waals surface area (Å²) in [7, 11) is 0.